The number of rotatable bonds is 7. The largest absolute Gasteiger partial charge is 0.364 e. The van der Waals surface area contributed by atoms with Crippen molar-refractivity contribution in [3.63, 3.8) is 0 Å². The third-order valence-electron chi connectivity index (χ3n) is 5.85. The molecular formula is C22H34N2O2. The first-order chi connectivity index (χ1) is 12.5. The number of carbonyl (C=O) groups excluding carboxylic acids is 1. The number of carbonyl (C=O) groups is 1. The number of nitrogens with two attached hydrogens (primary N) is 1. The van der Waals surface area contributed by atoms with Gasteiger partial charge in [0.25, 0.3) is 5.91 Å². The number of hydrogen-bond acceptors (Lipinski definition) is 3. The maximum Gasteiger partial charge on any atom is 0.251 e. The second kappa shape index (κ2) is 9.01. The van der Waals surface area contributed by atoms with Crippen LogP contribution in [0.3, 0.4) is 0 Å². The van der Waals surface area contributed by atoms with Crippen LogP contribution < -0.4 is 11.1 Å². The zero-order valence-electron chi connectivity index (χ0n) is 16.2. The molecule has 0 saturated heterocycles. The van der Waals surface area contributed by atoms with Crippen molar-refractivity contribution >= 4 is 5.91 Å². The molecule has 2 unspecified atom stereocenters. The van der Waals surface area contributed by atoms with Crippen LogP contribution in [0.5, 0.6) is 0 Å². The Labute approximate surface area is 157 Å². The minimum absolute atomic E-state index is 0.0148. The SMILES string of the molecule is CC(C)OC(C(=O)NC1CCc2ccccc21)[C@H](N)CC1CCCCC1. The summed E-state index contributed by atoms with van der Waals surface area (Å²) in [6.45, 7) is 3.94. The van der Waals surface area contributed by atoms with Crippen LogP contribution in [0.15, 0.2) is 24.3 Å². The van der Waals surface area contributed by atoms with Crippen molar-refractivity contribution in [3.8, 4) is 0 Å². The lowest BCUT2D eigenvalue weighted by Crippen LogP contribution is -2.50. The number of amides is 1. The van der Waals surface area contributed by atoms with E-state index in [1.165, 1.54) is 43.2 Å². The van der Waals surface area contributed by atoms with Crippen molar-refractivity contribution in [3.05, 3.63) is 35.4 Å². The Bertz CT molecular complexity index is 596. The van der Waals surface area contributed by atoms with Gasteiger partial charge < -0.3 is 15.8 Å². The van der Waals surface area contributed by atoms with Gasteiger partial charge in [-0.05, 0) is 50.2 Å². The molecule has 0 bridgehead atoms. The van der Waals surface area contributed by atoms with Gasteiger partial charge >= 0.3 is 0 Å². The Kier molecular flexibility index (Phi) is 6.71. The van der Waals surface area contributed by atoms with Gasteiger partial charge in [0.1, 0.15) is 0 Å². The fourth-order valence-electron chi connectivity index (χ4n) is 4.54. The van der Waals surface area contributed by atoms with Crippen molar-refractivity contribution in [2.75, 3.05) is 0 Å². The van der Waals surface area contributed by atoms with Crippen molar-refractivity contribution < 1.29 is 9.53 Å². The Morgan fingerprint density at radius 3 is 2.65 bits per heavy atom. The molecule has 1 aromatic carbocycles. The Balaban J connectivity index is 1.63. The maximum absolute atomic E-state index is 13.0. The Morgan fingerprint density at radius 1 is 1.19 bits per heavy atom. The summed E-state index contributed by atoms with van der Waals surface area (Å²) in [5.74, 6) is 0.584. The molecule has 0 aromatic heterocycles. The second-order valence-corrected chi connectivity index (χ2v) is 8.31. The quantitative estimate of drug-likeness (QED) is 0.777. The van der Waals surface area contributed by atoms with Crippen LogP contribution in [0, 0.1) is 5.92 Å². The predicted molar refractivity (Wildman–Crippen MR) is 105 cm³/mol. The van der Waals surface area contributed by atoms with Crippen LogP contribution in [0.2, 0.25) is 0 Å². The van der Waals surface area contributed by atoms with Gasteiger partial charge in [0.05, 0.1) is 12.1 Å². The lowest BCUT2D eigenvalue weighted by Gasteiger charge is -2.30. The molecule has 26 heavy (non-hydrogen) atoms. The van der Waals surface area contributed by atoms with Crippen LogP contribution in [-0.4, -0.2) is 24.2 Å². The second-order valence-electron chi connectivity index (χ2n) is 8.31. The van der Waals surface area contributed by atoms with E-state index in [1.807, 2.05) is 19.9 Å². The van der Waals surface area contributed by atoms with Gasteiger partial charge in [-0.1, -0.05) is 56.4 Å². The molecule has 0 radical (unpaired) electrons. The monoisotopic (exact) mass is 358 g/mol. The molecule has 3 rings (SSSR count). The molecule has 4 heteroatoms. The lowest BCUT2D eigenvalue weighted by molar-refractivity contribution is -0.138. The van der Waals surface area contributed by atoms with Gasteiger partial charge in [0, 0.05) is 6.04 Å². The maximum atomic E-state index is 13.0. The van der Waals surface area contributed by atoms with E-state index in [2.05, 4.69) is 23.5 Å². The molecule has 1 saturated carbocycles. The van der Waals surface area contributed by atoms with Gasteiger partial charge in [0.15, 0.2) is 6.10 Å². The molecule has 2 aliphatic rings. The smallest absolute Gasteiger partial charge is 0.251 e. The van der Waals surface area contributed by atoms with E-state index >= 15 is 0 Å². The predicted octanol–water partition coefficient (Wildman–Crippen LogP) is 3.88. The van der Waals surface area contributed by atoms with Crippen molar-refractivity contribution in [2.45, 2.75) is 89.5 Å². The normalized spacial score (nSPS) is 22.8. The Hall–Kier alpha value is -1.39. The lowest BCUT2D eigenvalue weighted by atomic mass is 9.84. The van der Waals surface area contributed by atoms with E-state index in [9.17, 15) is 4.79 Å². The minimum atomic E-state index is -0.565. The van der Waals surface area contributed by atoms with Crippen molar-refractivity contribution in [1.82, 2.24) is 5.32 Å². The van der Waals surface area contributed by atoms with Crippen LogP contribution in [0.25, 0.3) is 0 Å². The molecule has 3 atom stereocenters. The van der Waals surface area contributed by atoms with E-state index in [1.54, 1.807) is 0 Å². The molecule has 4 nitrogen and oxygen atoms in total. The number of aryl methyl sites for hydroxylation is 1. The van der Waals surface area contributed by atoms with Crippen LogP contribution in [0.4, 0.5) is 0 Å². The van der Waals surface area contributed by atoms with Gasteiger partial charge in [-0.25, -0.2) is 0 Å². The molecule has 2 aliphatic carbocycles. The minimum Gasteiger partial charge on any atom is -0.364 e. The molecule has 0 spiro atoms. The third kappa shape index (κ3) is 4.86. The average molecular weight is 359 g/mol. The van der Waals surface area contributed by atoms with Gasteiger partial charge in [-0.2, -0.15) is 0 Å². The summed E-state index contributed by atoms with van der Waals surface area (Å²) in [4.78, 5) is 13.0. The first-order valence-electron chi connectivity index (χ1n) is 10.3. The number of benzene rings is 1. The highest BCUT2D eigenvalue weighted by molar-refractivity contribution is 5.82. The van der Waals surface area contributed by atoms with Gasteiger partial charge in [0.2, 0.25) is 0 Å². The van der Waals surface area contributed by atoms with E-state index in [4.69, 9.17) is 10.5 Å². The van der Waals surface area contributed by atoms with Crippen LogP contribution in [0.1, 0.15) is 76.0 Å². The van der Waals surface area contributed by atoms with Crippen LogP contribution >= 0.6 is 0 Å². The summed E-state index contributed by atoms with van der Waals surface area (Å²) >= 11 is 0. The van der Waals surface area contributed by atoms with Gasteiger partial charge in [-0.15, -0.1) is 0 Å². The molecule has 0 heterocycles. The third-order valence-corrected chi connectivity index (χ3v) is 5.85. The topological polar surface area (TPSA) is 64.3 Å². The van der Waals surface area contributed by atoms with Gasteiger partial charge in [-0.3, -0.25) is 4.79 Å². The zero-order valence-corrected chi connectivity index (χ0v) is 16.2. The van der Waals surface area contributed by atoms with E-state index in [0.717, 1.165) is 19.3 Å². The first-order valence-corrected chi connectivity index (χ1v) is 10.3. The summed E-state index contributed by atoms with van der Waals surface area (Å²) in [5.41, 5.74) is 9.06. The van der Waals surface area contributed by atoms with Crippen molar-refractivity contribution in [1.29, 1.82) is 0 Å². The molecule has 0 aliphatic heterocycles. The molecule has 1 fully saturated rings. The highest BCUT2D eigenvalue weighted by atomic mass is 16.5. The fourth-order valence-corrected chi connectivity index (χ4v) is 4.54. The number of nitrogens with one attached hydrogen (secondary N) is 1. The summed E-state index contributed by atoms with van der Waals surface area (Å²) in [6.07, 6.45) is 8.66. The summed E-state index contributed by atoms with van der Waals surface area (Å²) in [6, 6.07) is 8.22. The van der Waals surface area contributed by atoms with E-state index in [-0.39, 0.29) is 24.1 Å². The fraction of sp³-hybridized carbons (Fsp3) is 0.682. The van der Waals surface area contributed by atoms with E-state index < -0.39 is 6.10 Å². The molecule has 3 N–H and O–H groups in total. The average Bonchev–Trinajstić information content (AvgIpc) is 3.03. The highest BCUT2D eigenvalue weighted by Crippen LogP contribution is 2.31. The molecule has 144 valence electrons. The number of hydrogen-bond donors (Lipinski definition) is 2. The molecular weight excluding hydrogens is 324 g/mol. The van der Waals surface area contributed by atoms with Crippen molar-refractivity contribution in [2.24, 2.45) is 11.7 Å². The molecule has 1 amide bonds. The van der Waals surface area contributed by atoms with Crippen LogP contribution in [-0.2, 0) is 16.0 Å². The van der Waals surface area contributed by atoms with E-state index in [0.29, 0.717) is 5.92 Å². The number of ether oxygens (including phenoxy) is 1. The first kappa shape index (κ1) is 19.4. The zero-order chi connectivity index (χ0) is 18.5. The summed E-state index contributed by atoms with van der Waals surface area (Å²) in [7, 11) is 0. The Morgan fingerprint density at radius 2 is 1.92 bits per heavy atom. The highest BCUT2D eigenvalue weighted by Gasteiger charge is 2.33. The molecule has 1 aromatic rings. The summed E-state index contributed by atoms with van der Waals surface area (Å²) in [5, 5.41) is 3.21. The summed E-state index contributed by atoms with van der Waals surface area (Å²) < 4.78 is 5.98. The number of fused-ring (bicyclic) bond motifs is 1. The standard InChI is InChI=1S/C22H34N2O2/c1-15(2)26-21(19(23)14-16-8-4-3-5-9-16)22(25)24-20-13-12-17-10-6-7-11-18(17)20/h6-7,10-11,15-16,19-21H,3-5,8-9,12-14,23H2,1-2H3,(H,24,25)/t19-,20?,21?/m1/s1.